The van der Waals surface area contributed by atoms with Gasteiger partial charge in [0.05, 0.1) is 12.3 Å². The van der Waals surface area contributed by atoms with Crippen molar-refractivity contribution in [3.63, 3.8) is 0 Å². The number of hydrazone groups is 1. The molecule has 1 heterocycles. The second-order valence-electron chi connectivity index (χ2n) is 9.05. The topological polar surface area (TPSA) is 100 Å². The maximum atomic E-state index is 14.1. The molecule has 0 radical (unpaired) electrons. The average Bonchev–Trinajstić information content (AvgIpc) is 3.35. The number of carbonyl (C=O) groups is 2. The van der Waals surface area contributed by atoms with Gasteiger partial charge in [-0.3, -0.25) is 14.6 Å². The van der Waals surface area contributed by atoms with Crippen LogP contribution in [0.1, 0.15) is 45.2 Å². The molecule has 1 aliphatic heterocycles. The van der Waals surface area contributed by atoms with Gasteiger partial charge in [-0.05, 0) is 48.9 Å². The Bertz CT molecular complexity index is 1150. The van der Waals surface area contributed by atoms with E-state index in [1.54, 1.807) is 36.1 Å². The van der Waals surface area contributed by atoms with Gasteiger partial charge in [-0.1, -0.05) is 38.1 Å². The molecule has 1 saturated heterocycles. The third kappa shape index (κ3) is 5.92. The molecule has 3 rings (SSSR count). The number of amides is 2. The van der Waals surface area contributed by atoms with Gasteiger partial charge in [-0.15, -0.1) is 0 Å². The molecule has 36 heavy (non-hydrogen) atoms. The van der Waals surface area contributed by atoms with Gasteiger partial charge in [-0.2, -0.15) is 5.10 Å². The van der Waals surface area contributed by atoms with Gasteiger partial charge in [0.2, 0.25) is 11.8 Å². The molecule has 3 unspecified atom stereocenters. The first kappa shape index (κ1) is 26.9. The quantitative estimate of drug-likeness (QED) is 0.248. The van der Waals surface area contributed by atoms with Crippen molar-refractivity contribution in [1.82, 2.24) is 10.2 Å². The van der Waals surface area contributed by atoms with Crippen LogP contribution in [0.15, 0.2) is 46.5 Å². The molecule has 2 aromatic carbocycles. The van der Waals surface area contributed by atoms with Crippen molar-refractivity contribution in [3.8, 4) is 11.1 Å². The minimum absolute atomic E-state index is 0.0580. The third-order valence-electron chi connectivity index (χ3n) is 6.24. The van der Waals surface area contributed by atoms with E-state index in [1.165, 1.54) is 18.5 Å². The van der Waals surface area contributed by atoms with Crippen LogP contribution in [0.4, 0.5) is 13.2 Å². The van der Waals surface area contributed by atoms with E-state index in [0.29, 0.717) is 24.9 Å². The lowest BCUT2D eigenvalue weighted by molar-refractivity contribution is -0.140. The van der Waals surface area contributed by atoms with Gasteiger partial charge >= 0.3 is 0 Å². The monoisotopic (exact) mass is 501 g/mol. The average molecular weight is 502 g/mol. The van der Waals surface area contributed by atoms with E-state index >= 15 is 0 Å². The highest BCUT2D eigenvalue weighted by Gasteiger charge is 2.38. The van der Waals surface area contributed by atoms with Crippen LogP contribution in [0.2, 0.25) is 0 Å². The molecule has 10 heteroatoms. The zero-order valence-corrected chi connectivity index (χ0v) is 20.4. The van der Waals surface area contributed by atoms with Crippen LogP contribution in [-0.2, 0) is 9.59 Å². The first-order valence-electron chi connectivity index (χ1n) is 11.7. The number of aliphatic imine (C=N–C) groups is 1. The molecular weight excluding hydrogens is 471 g/mol. The summed E-state index contributed by atoms with van der Waals surface area (Å²) < 4.78 is 40.9. The Labute approximate surface area is 208 Å². The molecule has 2 aromatic rings. The van der Waals surface area contributed by atoms with Crippen LogP contribution in [-0.4, -0.2) is 47.8 Å². The largest absolute Gasteiger partial charge is 0.348 e. The lowest BCUT2D eigenvalue weighted by atomic mass is 10.00. The standard InChI is InChI=1S/C26H30F3N5O2/c1-15(2)24(31-12-13-32-30)26(36)34-14-4-5-21(34)25(35)33-16(3)17-6-8-18(9-7-17)19-10-11-20(27)23(29)22(19)28/h6-13,15-16,21,24H,4-5,14,30H2,1-3H3,(H,33,35)/b31-12?,32-13-. The van der Waals surface area contributed by atoms with Gasteiger partial charge in [0.25, 0.3) is 0 Å². The number of hydrogen-bond donors (Lipinski definition) is 2. The van der Waals surface area contributed by atoms with Gasteiger partial charge in [0, 0.05) is 18.3 Å². The van der Waals surface area contributed by atoms with E-state index in [1.807, 2.05) is 13.8 Å². The van der Waals surface area contributed by atoms with Crippen LogP contribution in [0, 0.1) is 23.4 Å². The zero-order valence-electron chi connectivity index (χ0n) is 20.4. The van der Waals surface area contributed by atoms with E-state index in [9.17, 15) is 22.8 Å². The fourth-order valence-corrected chi connectivity index (χ4v) is 4.26. The number of carbonyl (C=O) groups excluding carboxylic acids is 2. The van der Waals surface area contributed by atoms with E-state index in [0.717, 1.165) is 11.6 Å². The zero-order chi connectivity index (χ0) is 26.4. The first-order chi connectivity index (χ1) is 17.1. The smallest absolute Gasteiger partial charge is 0.248 e. The maximum Gasteiger partial charge on any atom is 0.248 e. The highest BCUT2D eigenvalue weighted by molar-refractivity contribution is 6.16. The van der Waals surface area contributed by atoms with Crippen LogP contribution in [0.5, 0.6) is 0 Å². The molecule has 1 fully saturated rings. The molecule has 3 atom stereocenters. The lowest BCUT2D eigenvalue weighted by Gasteiger charge is -2.29. The number of likely N-dealkylation sites (tertiary alicyclic amines) is 1. The fraction of sp³-hybridized carbons (Fsp3) is 0.385. The summed E-state index contributed by atoms with van der Waals surface area (Å²) in [5.74, 6) is 0.470. The van der Waals surface area contributed by atoms with Gasteiger partial charge in [-0.25, -0.2) is 13.2 Å². The van der Waals surface area contributed by atoms with Crippen molar-refractivity contribution in [1.29, 1.82) is 0 Å². The van der Waals surface area contributed by atoms with E-state index in [4.69, 9.17) is 5.84 Å². The Morgan fingerprint density at radius 3 is 2.39 bits per heavy atom. The SMILES string of the molecule is CC(NC(=O)C1CCCN1C(=O)C(N=C/C=N\N)C(C)C)c1ccc(-c2ccc(F)c(F)c2F)cc1. The van der Waals surface area contributed by atoms with Gasteiger partial charge < -0.3 is 16.1 Å². The summed E-state index contributed by atoms with van der Waals surface area (Å²) in [5, 5.41) is 6.29. The second kappa shape index (κ2) is 11.8. The number of benzene rings is 2. The molecule has 2 amide bonds. The molecule has 0 spiro atoms. The summed E-state index contributed by atoms with van der Waals surface area (Å²) >= 11 is 0. The summed E-state index contributed by atoms with van der Waals surface area (Å²) in [6.45, 7) is 6.01. The Kier molecular flexibility index (Phi) is 8.84. The maximum absolute atomic E-state index is 14.1. The molecule has 3 N–H and O–H groups in total. The number of nitrogens with zero attached hydrogens (tertiary/aromatic N) is 3. The van der Waals surface area contributed by atoms with Crippen molar-refractivity contribution in [3.05, 3.63) is 59.4 Å². The lowest BCUT2D eigenvalue weighted by Crippen LogP contribution is -2.50. The van der Waals surface area contributed by atoms with E-state index < -0.39 is 35.6 Å². The van der Waals surface area contributed by atoms with Crippen molar-refractivity contribution in [2.24, 2.45) is 21.9 Å². The summed E-state index contributed by atoms with van der Waals surface area (Å²) in [4.78, 5) is 32.1. The Morgan fingerprint density at radius 2 is 1.75 bits per heavy atom. The van der Waals surface area contributed by atoms with Crippen molar-refractivity contribution < 1.29 is 22.8 Å². The first-order valence-corrected chi connectivity index (χ1v) is 11.7. The van der Waals surface area contributed by atoms with Crippen LogP contribution < -0.4 is 11.2 Å². The van der Waals surface area contributed by atoms with Crippen molar-refractivity contribution >= 4 is 24.2 Å². The summed E-state index contributed by atoms with van der Waals surface area (Å²) in [5.41, 5.74) is 1.05. The molecular formula is C26H30F3N5O2. The fourth-order valence-electron chi connectivity index (χ4n) is 4.26. The number of nitrogens with two attached hydrogens (primary N) is 1. The molecule has 0 bridgehead atoms. The second-order valence-corrected chi connectivity index (χ2v) is 9.05. The highest BCUT2D eigenvalue weighted by atomic mass is 19.2. The summed E-state index contributed by atoms with van der Waals surface area (Å²) in [7, 11) is 0. The molecule has 192 valence electrons. The number of nitrogens with one attached hydrogen (secondary N) is 1. The van der Waals surface area contributed by atoms with Crippen LogP contribution >= 0.6 is 0 Å². The number of rotatable bonds is 8. The molecule has 0 aliphatic carbocycles. The van der Waals surface area contributed by atoms with Crippen molar-refractivity contribution in [2.45, 2.75) is 51.7 Å². The predicted molar refractivity (Wildman–Crippen MR) is 133 cm³/mol. The highest BCUT2D eigenvalue weighted by Crippen LogP contribution is 2.28. The van der Waals surface area contributed by atoms with Crippen molar-refractivity contribution in [2.75, 3.05) is 6.54 Å². The summed E-state index contributed by atoms with van der Waals surface area (Å²) in [6.07, 6.45) is 3.92. The van der Waals surface area contributed by atoms with Crippen LogP contribution in [0.3, 0.4) is 0 Å². The third-order valence-corrected chi connectivity index (χ3v) is 6.24. The Balaban J connectivity index is 1.70. The normalized spacial score (nSPS) is 17.8. The van der Waals surface area contributed by atoms with E-state index in [-0.39, 0.29) is 23.3 Å². The molecule has 0 saturated carbocycles. The van der Waals surface area contributed by atoms with Gasteiger partial charge in [0.15, 0.2) is 17.5 Å². The molecule has 1 aliphatic rings. The molecule has 7 nitrogen and oxygen atoms in total. The predicted octanol–water partition coefficient (Wildman–Crippen LogP) is 3.98. The Morgan fingerprint density at radius 1 is 1.06 bits per heavy atom. The van der Waals surface area contributed by atoms with E-state index in [2.05, 4.69) is 15.4 Å². The number of halogens is 3. The number of hydrogen-bond acceptors (Lipinski definition) is 5. The van der Waals surface area contributed by atoms with Crippen LogP contribution in [0.25, 0.3) is 11.1 Å². The minimum Gasteiger partial charge on any atom is -0.348 e. The molecule has 0 aromatic heterocycles. The minimum atomic E-state index is -1.52. The summed E-state index contributed by atoms with van der Waals surface area (Å²) in [6, 6.07) is 6.90. The van der Waals surface area contributed by atoms with Gasteiger partial charge in [0.1, 0.15) is 12.1 Å². The Hall–Kier alpha value is -3.69.